The molecular weight excluding hydrogens is 324 g/mol. The van der Waals surface area contributed by atoms with E-state index in [1.807, 2.05) is 77.5 Å². The van der Waals surface area contributed by atoms with Crippen molar-refractivity contribution in [1.82, 2.24) is 9.55 Å². The predicted molar refractivity (Wildman–Crippen MR) is 99.4 cm³/mol. The lowest BCUT2D eigenvalue weighted by atomic mass is 9.75. The van der Waals surface area contributed by atoms with Gasteiger partial charge in [0.25, 0.3) is 0 Å². The Bertz CT molecular complexity index is 903. The van der Waals surface area contributed by atoms with Crippen LogP contribution < -0.4 is 0 Å². The van der Waals surface area contributed by atoms with Gasteiger partial charge in [-0.15, -0.1) is 0 Å². The fourth-order valence-electron chi connectivity index (χ4n) is 3.54. The topological polar surface area (TPSA) is 44.1 Å². The second-order valence-electron chi connectivity index (χ2n) is 6.37. The first-order valence-corrected chi connectivity index (χ1v) is 8.79. The Morgan fingerprint density at radius 2 is 1.62 bits per heavy atom. The number of allylic oxidation sites excluding steroid dienone is 1. The lowest BCUT2D eigenvalue weighted by Gasteiger charge is -2.24. The van der Waals surface area contributed by atoms with E-state index in [4.69, 9.17) is 4.74 Å². The zero-order chi connectivity index (χ0) is 18.0. The number of aromatic nitrogens is 2. The van der Waals surface area contributed by atoms with Crippen LogP contribution in [0.4, 0.5) is 0 Å². The van der Waals surface area contributed by atoms with E-state index >= 15 is 0 Å². The van der Waals surface area contributed by atoms with Gasteiger partial charge in [-0.3, -0.25) is 0 Å². The van der Waals surface area contributed by atoms with Crippen LogP contribution in [0.3, 0.4) is 0 Å². The van der Waals surface area contributed by atoms with E-state index in [2.05, 4.69) is 11.9 Å². The summed E-state index contributed by atoms with van der Waals surface area (Å²) in [6.07, 6.45) is 6.48. The number of benzene rings is 2. The molecule has 3 aromatic rings. The van der Waals surface area contributed by atoms with Crippen molar-refractivity contribution in [2.75, 3.05) is 0 Å². The van der Waals surface area contributed by atoms with Crippen molar-refractivity contribution >= 4 is 5.97 Å². The molecule has 0 bridgehead atoms. The Labute approximate surface area is 152 Å². The minimum Gasteiger partial charge on any atom is -0.428 e. The Balaban J connectivity index is 1.81. The van der Waals surface area contributed by atoms with Gasteiger partial charge < -0.3 is 9.30 Å². The molecule has 0 aliphatic carbocycles. The fraction of sp³-hybridized carbons (Fsp3) is 0.182. The van der Waals surface area contributed by atoms with E-state index in [1.54, 1.807) is 6.20 Å². The summed E-state index contributed by atoms with van der Waals surface area (Å²) in [6, 6.07) is 19.6. The molecule has 0 fully saturated rings. The molecule has 0 unspecified atom stereocenters. The van der Waals surface area contributed by atoms with Crippen molar-refractivity contribution in [1.29, 1.82) is 0 Å². The Hall–Kier alpha value is -3.14. The first kappa shape index (κ1) is 16.3. The van der Waals surface area contributed by atoms with Crippen LogP contribution in [-0.4, -0.2) is 15.5 Å². The van der Waals surface area contributed by atoms with Crippen molar-refractivity contribution in [3.8, 4) is 0 Å². The Morgan fingerprint density at radius 3 is 2.19 bits per heavy atom. The zero-order valence-electron chi connectivity index (χ0n) is 14.6. The maximum Gasteiger partial charge on any atom is 0.330 e. The quantitative estimate of drug-likeness (QED) is 0.660. The average molecular weight is 344 g/mol. The van der Waals surface area contributed by atoms with Crippen LogP contribution in [0.1, 0.15) is 23.9 Å². The second-order valence-corrected chi connectivity index (χ2v) is 6.37. The van der Waals surface area contributed by atoms with Crippen molar-refractivity contribution < 1.29 is 9.53 Å². The molecular formula is C22H20N2O2. The number of carbonyl (C=O) groups is 1. The first-order valence-electron chi connectivity index (χ1n) is 8.79. The number of imidazole rings is 1. The van der Waals surface area contributed by atoms with Crippen LogP contribution in [-0.2, 0) is 27.9 Å². The number of hydrogen-bond donors (Lipinski definition) is 0. The SMILES string of the molecule is CCc1nccn1CC1=CC(c2ccccc2)(c2ccccc2)C(=O)O1. The average Bonchev–Trinajstić information content (AvgIpc) is 3.27. The molecule has 130 valence electrons. The molecule has 1 aliphatic heterocycles. The molecule has 0 N–H and O–H groups in total. The van der Waals surface area contributed by atoms with Crippen molar-refractivity contribution in [2.45, 2.75) is 25.3 Å². The van der Waals surface area contributed by atoms with E-state index < -0.39 is 5.41 Å². The van der Waals surface area contributed by atoms with Gasteiger partial charge in [0, 0.05) is 18.8 Å². The van der Waals surface area contributed by atoms with E-state index in [1.165, 1.54) is 0 Å². The fourth-order valence-corrected chi connectivity index (χ4v) is 3.54. The Morgan fingerprint density at radius 1 is 1.00 bits per heavy atom. The minimum absolute atomic E-state index is 0.261. The maximum atomic E-state index is 13.1. The molecule has 4 nitrogen and oxygen atoms in total. The van der Waals surface area contributed by atoms with Crippen LogP contribution in [0.15, 0.2) is 84.9 Å². The van der Waals surface area contributed by atoms with Gasteiger partial charge in [0.1, 0.15) is 17.0 Å². The summed E-state index contributed by atoms with van der Waals surface area (Å²) >= 11 is 0. The number of nitrogens with zero attached hydrogens (tertiary/aromatic N) is 2. The van der Waals surface area contributed by atoms with Gasteiger partial charge in [-0.05, 0) is 17.2 Å². The van der Waals surface area contributed by atoms with Crippen LogP contribution in [0.25, 0.3) is 0 Å². The predicted octanol–water partition coefficient (Wildman–Crippen LogP) is 3.87. The van der Waals surface area contributed by atoms with Gasteiger partial charge in [0.15, 0.2) is 0 Å². The molecule has 4 heteroatoms. The number of ether oxygens (including phenoxy) is 1. The highest BCUT2D eigenvalue weighted by Gasteiger charge is 2.47. The van der Waals surface area contributed by atoms with Crippen molar-refractivity contribution in [3.05, 3.63) is 102 Å². The van der Waals surface area contributed by atoms with Gasteiger partial charge in [-0.25, -0.2) is 9.78 Å². The zero-order valence-corrected chi connectivity index (χ0v) is 14.6. The maximum absolute atomic E-state index is 13.1. The monoisotopic (exact) mass is 344 g/mol. The molecule has 2 heterocycles. The summed E-state index contributed by atoms with van der Waals surface area (Å²) in [4.78, 5) is 17.4. The smallest absolute Gasteiger partial charge is 0.330 e. The van der Waals surface area contributed by atoms with E-state index in [9.17, 15) is 4.79 Å². The first-order chi connectivity index (χ1) is 12.7. The van der Waals surface area contributed by atoms with Gasteiger partial charge in [-0.1, -0.05) is 67.6 Å². The number of hydrogen-bond acceptors (Lipinski definition) is 3. The van der Waals surface area contributed by atoms with Crippen LogP contribution in [0.5, 0.6) is 0 Å². The molecule has 0 spiro atoms. The normalized spacial score (nSPS) is 15.6. The minimum atomic E-state index is -0.912. The van der Waals surface area contributed by atoms with Crippen LogP contribution in [0, 0.1) is 0 Å². The van der Waals surface area contributed by atoms with Gasteiger partial charge in [0.05, 0.1) is 6.54 Å². The molecule has 1 aliphatic rings. The molecule has 0 saturated heterocycles. The number of carbonyl (C=O) groups excluding carboxylic acids is 1. The van der Waals surface area contributed by atoms with Crippen molar-refractivity contribution in [3.63, 3.8) is 0 Å². The van der Waals surface area contributed by atoms with Crippen LogP contribution in [0.2, 0.25) is 0 Å². The summed E-state index contributed by atoms with van der Waals surface area (Å²) < 4.78 is 7.75. The van der Waals surface area contributed by atoms with Crippen molar-refractivity contribution in [2.24, 2.45) is 0 Å². The summed E-state index contributed by atoms with van der Waals surface area (Å²) in [5.41, 5.74) is 0.908. The van der Waals surface area contributed by atoms with E-state index in [0.717, 1.165) is 23.4 Å². The van der Waals surface area contributed by atoms with Gasteiger partial charge >= 0.3 is 5.97 Å². The molecule has 4 rings (SSSR count). The van der Waals surface area contributed by atoms with Gasteiger partial charge in [0.2, 0.25) is 0 Å². The number of rotatable bonds is 5. The van der Waals surface area contributed by atoms with Crippen LogP contribution >= 0.6 is 0 Å². The summed E-state index contributed by atoms with van der Waals surface area (Å²) in [7, 11) is 0. The summed E-state index contributed by atoms with van der Waals surface area (Å²) in [5.74, 6) is 1.36. The van der Waals surface area contributed by atoms with E-state index in [0.29, 0.717) is 12.3 Å². The molecule has 0 saturated carbocycles. The third-order valence-corrected chi connectivity index (χ3v) is 4.83. The number of esters is 1. The molecule has 1 aromatic heterocycles. The molecule has 26 heavy (non-hydrogen) atoms. The molecule has 2 aromatic carbocycles. The molecule has 0 amide bonds. The lowest BCUT2D eigenvalue weighted by Crippen LogP contribution is -2.32. The molecule has 0 atom stereocenters. The summed E-state index contributed by atoms with van der Waals surface area (Å²) in [6.45, 7) is 2.56. The summed E-state index contributed by atoms with van der Waals surface area (Å²) in [5, 5.41) is 0. The second kappa shape index (κ2) is 6.64. The standard InChI is InChI=1S/C22H20N2O2/c1-2-20-23-13-14-24(20)16-19-15-22(21(25)26-19,17-9-5-3-6-10-17)18-11-7-4-8-12-18/h3-15H,2,16H2,1H3. The highest BCUT2D eigenvalue weighted by atomic mass is 16.5. The molecule has 0 radical (unpaired) electrons. The Kier molecular flexibility index (Phi) is 4.17. The highest BCUT2D eigenvalue weighted by molar-refractivity contribution is 5.93. The lowest BCUT2D eigenvalue weighted by molar-refractivity contribution is -0.140. The van der Waals surface area contributed by atoms with Gasteiger partial charge in [-0.2, -0.15) is 0 Å². The van der Waals surface area contributed by atoms with E-state index in [-0.39, 0.29) is 5.97 Å². The number of cyclic esters (lactones) is 1. The third kappa shape index (κ3) is 2.64. The number of aryl methyl sites for hydroxylation is 1. The third-order valence-electron chi connectivity index (χ3n) is 4.83. The highest BCUT2D eigenvalue weighted by Crippen LogP contribution is 2.41. The largest absolute Gasteiger partial charge is 0.428 e.